The Morgan fingerprint density at radius 2 is 1.53 bits per heavy atom. The quantitative estimate of drug-likeness (QED) is 0.901. The van der Waals surface area contributed by atoms with E-state index in [2.05, 4.69) is 69.1 Å². The standard InChI is InChI=1S/C17H22N2/c1-12-5-10-17(14(3)13(12)2)19(4)16-8-6-15(11-18)7-9-16/h5-10H,11,18H2,1-4H3. The second-order valence-electron chi connectivity index (χ2n) is 5.08. The predicted octanol–water partition coefficient (Wildman–Crippen LogP) is 3.84. The molecule has 0 unspecified atom stereocenters. The molecule has 0 spiro atoms. The molecule has 2 nitrogen and oxygen atoms in total. The van der Waals surface area contributed by atoms with Gasteiger partial charge in [-0.2, -0.15) is 0 Å². The molecule has 2 rings (SSSR count). The van der Waals surface area contributed by atoms with Crippen molar-refractivity contribution < 1.29 is 0 Å². The third-order valence-corrected chi connectivity index (χ3v) is 3.95. The first-order valence-electron chi connectivity index (χ1n) is 6.64. The molecule has 0 aliphatic heterocycles. The summed E-state index contributed by atoms with van der Waals surface area (Å²) in [5, 5.41) is 0. The smallest absolute Gasteiger partial charge is 0.0440 e. The van der Waals surface area contributed by atoms with Crippen LogP contribution in [-0.2, 0) is 6.54 Å². The largest absolute Gasteiger partial charge is 0.344 e. The minimum atomic E-state index is 0.590. The van der Waals surface area contributed by atoms with E-state index in [1.165, 1.54) is 28.1 Å². The van der Waals surface area contributed by atoms with E-state index in [4.69, 9.17) is 5.73 Å². The van der Waals surface area contributed by atoms with E-state index in [9.17, 15) is 0 Å². The van der Waals surface area contributed by atoms with Gasteiger partial charge in [0.05, 0.1) is 0 Å². The van der Waals surface area contributed by atoms with Crippen LogP contribution in [0.1, 0.15) is 22.3 Å². The monoisotopic (exact) mass is 254 g/mol. The van der Waals surface area contributed by atoms with E-state index in [0.717, 1.165) is 5.56 Å². The molecule has 19 heavy (non-hydrogen) atoms. The number of nitrogens with two attached hydrogens (primary N) is 1. The molecule has 2 aromatic carbocycles. The SMILES string of the molecule is Cc1ccc(N(C)c2ccc(CN)cc2)c(C)c1C. The summed E-state index contributed by atoms with van der Waals surface area (Å²) in [4.78, 5) is 2.22. The normalized spacial score (nSPS) is 10.6. The van der Waals surface area contributed by atoms with Crippen LogP contribution in [0.3, 0.4) is 0 Å². The van der Waals surface area contributed by atoms with Crippen molar-refractivity contribution in [1.29, 1.82) is 0 Å². The molecule has 0 aliphatic carbocycles. The van der Waals surface area contributed by atoms with Gasteiger partial charge in [-0.1, -0.05) is 18.2 Å². The van der Waals surface area contributed by atoms with Crippen molar-refractivity contribution in [3.05, 3.63) is 58.7 Å². The maximum Gasteiger partial charge on any atom is 0.0440 e. The summed E-state index contributed by atoms with van der Waals surface area (Å²) in [6, 6.07) is 12.8. The van der Waals surface area contributed by atoms with E-state index in [0.29, 0.717) is 6.54 Å². The number of hydrogen-bond acceptors (Lipinski definition) is 2. The number of nitrogens with zero attached hydrogens (tertiary/aromatic N) is 1. The third kappa shape index (κ3) is 2.64. The molecule has 0 saturated heterocycles. The van der Waals surface area contributed by atoms with Gasteiger partial charge >= 0.3 is 0 Å². The molecule has 2 N–H and O–H groups in total. The van der Waals surface area contributed by atoms with Crippen LogP contribution < -0.4 is 10.6 Å². The lowest BCUT2D eigenvalue weighted by molar-refractivity contribution is 1.07. The van der Waals surface area contributed by atoms with Crippen molar-refractivity contribution in [3.8, 4) is 0 Å². The minimum absolute atomic E-state index is 0.590. The van der Waals surface area contributed by atoms with Gasteiger partial charge in [0.2, 0.25) is 0 Å². The van der Waals surface area contributed by atoms with Crippen LogP contribution in [0.25, 0.3) is 0 Å². The summed E-state index contributed by atoms with van der Waals surface area (Å²) in [6.07, 6.45) is 0. The highest BCUT2D eigenvalue weighted by Gasteiger charge is 2.09. The van der Waals surface area contributed by atoms with Crippen molar-refractivity contribution in [2.24, 2.45) is 5.73 Å². The molecule has 0 heterocycles. The molecular weight excluding hydrogens is 232 g/mol. The van der Waals surface area contributed by atoms with Gasteiger partial charge in [-0.15, -0.1) is 0 Å². The Bertz CT molecular complexity index is 571. The zero-order valence-electron chi connectivity index (χ0n) is 12.2. The lowest BCUT2D eigenvalue weighted by Gasteiger charge is -2.23. The zero-order chi connectivity index (χ0) is 14.0. The molecule has 100 valence electrons. The fraction of sp³-hybridized carbons (Fsp3) is 0.294. The Hall–Kier alpha value is -1.80. The summed E-state index contributed by atoms with van der Waals surface area (Å²) in [5.74, 6) is 0. The van der Waals surface area contributed by atoms with Gasteiger partial charge in [-0.25, -0.2) is 0 Å². The van der Waals surface area contributed by atoms with E-state index >= 15 is 0 Å². The average molecular weight is 254 g/mol. The average Bonchev–Trinajstić information content (AvgIpc) is 2.44. The molecule has 0 atom stereocenters. The van der Waals surface area contributed by atoms with E-state index < -0.39 is 0 Å². The van der Waals surface area contributed by atoms with Crippen molar-refractivity contribution in [1.82, 2.24) is 0 Å². The topological polar surface area (TPSA) is 29.3 Å². The first-order chi connectivity index (χ1) is 9.04. The molecule has 0 bridgehead atoms. The Morgan fingerprint density at radius 1 is 0.895 bits per heavy atom. The molecule has 0 amide bonds. The van der Waals surface area contributed by atoms with Gasteiger partial charge < -0.3 is 10.6 Å². The zero-order valence-corrected chi connectivity index (χ0v) is 12.2. The molecule has 2 heteroatoms. The number of rotatable bonds is 3. The molecule has 0 aromatic heterocycles. The second kappa shape index (κ2) is 5.45. The Morgan fingerprint density at radius 3 is 2.11 bits per heavy atom. The summed E-state index contributed by atoms with van der Waals surface area (Å²) >= 11 is 0. The lowest BCUT2D eigenvalue weighted by Crippen LogP contribution is -2.12. The van der Waals surface area contributed by atoms with Gasteiger partial charge in [0.1, 0.15) is 0 Å². The molecule has 0 saturated carbocycles. The predicted molar refractivity (Wildman–Crippen MR) is 83.0 cm³/mol. The van der Waals surface area contributed by atoms with Crippen LogP contribution in [0.5, 0.6) is 0 Å². The summed E-state index contributed by atoms with van der Waals surface area (Å²) in [5.41, 5.74) is 13.3. The fourth-order valence-electron chi connectivity index (χ4n) is 2.30. The second-order valence-corrected chi connectivity index (χ2v) is 5.08. The van der Waals surface area contributed by atoms with Crippen LogP contribution in [0.4, 0.5) is 11.4 Å². The number of benzene rings is 2. The fourth-order valence-corrected chi connectivity index (χ4v) is 2.30. The number of anilines is 2. The number of aryl methyl sites for hydroxylation is 1. The third-order valence-electron chi connectivity index (χ3n) is 3.95. The summed E-state index contributed by atoms with van der Waals surface area (Å²) in [6.45, 7) is 7.11. The molecule has 0 fully saturated rings. The van der Waals surface area contributed by atoms with Gasteiger partial charge in [-0.05, 0) is 61.2 Å². The number of hydrogen-bond donors (Lipinski definition) is 1. The summed E-state index contributed by atoms with van der Waals surface area (Å²) in [7, 11) is 2.11. The first kappa shape index (κ1) is 13.6. The minimum Gasteiger partial charge on any atom is -0.344 e. The molecule has 0 radical (unpaired) electrons. The van der Waals surface area contributed by atoms with Crippen molar-refractivity contribution >= 4 is 11.4 Å². The van der Waals surface area contributed by atoms with Crippen LogP contribution in [0, 0.1) is 20.8 Å². The maximum absolute atomic E-state index is 5.63. The van der Waals surface area contributed by atoms with Crippen LogP contribution in [0.15, 0.2) is 36.4 Å². The Labute approximate surface area is 115 Å². The van der Waals surface area contributed by atoms with Crippen molar-refractivity contribution in [2.75, 3.05) is 11.9 Å². The van der Waals surface area contributed by atoms with Gasteiger partial charge in [0.25, 0.3) is 0 Å². The highest BCUT2D eigenvalue weighted by Crippen LogP contribution is 2.29. The molecule has 0 aliphatic rings. The van der Waals surface area contributed by atoms with Crippen molar-refractivity contribution in [2.45, 2.75) is 27.3 Å². The van der Waals surface area contributed by atoms with Gasteiger partial charge in [-0.3, -0.25) is 0 Å². The Kier molecular flexibility index (Phi) is 3.91. The maximum atomic E-state index is 5.63. The molecular formula is C17H22N2. The van der Waals surface area contributed by atoms with Crippen LogP contribution in [0.2, 0.25) is 0 Å². The molecule has 2 aromatic rings. The highest BCUT2D eigenvalue weighted by molar-refractivity contribution is 5.67. The van der Waals surface area contributed by atoms with Crippen molar-refractivity contribution in [3.63, 3.8) is 0 Å². The Balaban J connectivity index is 2.38. The summed E-state index contributed by atoms with van der Waals surface area (Å²) < 4.78 is 0. The van der Waals surface area contributed by atoms with Crippen LogP contribution >= 0.6 is 0 Å². The van der Waals surface area contributed by atoms with E-state index in [1.807, 2.05) is 0 Å². The van der Waals surface area contributed by atoms with E-state index in [-0.39, 0.29) is 0 Å². The first-order valence-corrected chi connectivity index (χ1v) is 6.64. The lowest BCUT2D eigenvalue weighted by atomic mass is 10.0. The van der Waals surface area contributed by atoms with Gasteiger partial charge in [0, 0.05) is 25.0 Å². The van der Waals surface area contributed by atoms with Gasteiger partial charge in [0.15, 0.2) is 0 Å². The highest BCUT2D eigenvalue weighted by atomic mass is 15.1. The van der Waals surface area contributed by atoms with E-state index in [1.54, 1.807) is 0 Å². The van der Waals surface area contributed by atoms with Crippen LogP contribution in [-0.4, -0.2) is 7.05 Å².